The fourth-order valence-corrected chi connectivity index (χ4v) is 9.55. The fraction of sp³-hybridized carbons (Fsp3) is 0.845. The van der Waals surface area contributed by atoms with Gasteiger partial charge in [0.2, 0.25) is 5.91 Å². The van der Waals surface area contributed by atoms with E-state index in [-0.39, 0.29) is 48.9 Å². The summed E-state index contributed by atoms with van der Waals surface area (Å²) in [6.07, 6.45) is 39.1. The average molecular weight is 911 g/mol. The van der Waals surface area contributed by atoms with Crippen molar-refractivity contribution in [2.24, 2.45) is 11.8 Å². The largest absolute Gasteiger partial charge is 0.464 e. The standard InChI is InChI=1S/C58H106N2O5/c1-7-13-17-21-25-29-36-42-53(43-37-30-26-22-18-14-8-2)57(62)64-48-46-60(56(61)51-55(59(11-5)12-6)50-52-40-34-33-35-41-52)47-49-65-58(63)54(44-38-31-27-23-19-15-9-3)45-39-32-28-24-20-16-10-4/h33-35,40-41,53-55H,7-32,36-39,42-51H2,1-6H3. The van der Waals surface area contributed by atoms with Crippen molar-refractivity contribution in [2.45, 2.75) is 266 Å². The summed E-state index contributed by atoms with van der Waals surface area (Å²) in [7, 11) is 0. The Hall–Kier alpha value is -2.41. The molecule has 7 nitrogen and oxygen atoms in total. The van der Waals surface area contributed by atoms with Crippen molar-refractivity contribution in [2.75, 3.05) is 39.4 Å². The van der Waals surface area contributed by atoms with E-state index in [0.29, 0.717) is 19.5 Å². The highest BCUT2D eigenvalue weighted by Crippen LogP contribution is 2.23. The fourth-order valence-electron chi connectivity index (χ4n) is 9.55. The van der Waals surface area contributed by atoms with Crippen molar-refractivity contribution in [1.29, 1.82) is 0 Å². The first-order valence-electron chi connectivity index (χ1n) is 28.2. The van der Waals surface area contributed by atoms with Gasteiger partial charge in [-0.05, 0) is 50.8 Å². The van der Waals surface area contributed by atoms with Crippen molar-refractivity contribution in [3.05, 3.63) is 35.9 Å². The van der Waals surface area contributed by atoms with Gasteiger partial charge in [-0.3, -0.25) is 14.4 Å². The van der Waals surface area contributed by atoms with Crippen molar-refractivity contribution in [3.63, 3.8) is 0 Å². The van der Waals surface area contributed by atoms with Gasteiger partial charge in [-0.1, -0.05) is 252 Å². The van der Waals surface area contributed by atoms with Crippen LogP contribution >= 0.6 is 0 Å². The van der Waals surface area contributed by atoms with Crippen molar-refractivity contribution >= 4 is 17.8 Å². The van der Waals surface area contributed by atoms with E-state index in [1.807, 2.05) is 11.0 Å². The zero-order chi connectivity index (χ0) is 47.4. The quantitative estimate of drug-likeness (QED) is 0.0479. The summed E-state index contributed by atoms with van der Waals surface area (Å²) < 4.78 is 12.2. The molecule has 0 spiro atoms. The monoisotopic (exact) mass is 911 g/mol. The number of hydrogen-bond acceptors (Lipinski definition) is 6. The van der Waals surface area contributed by atoms with Crippen LogP contribution in [-0.4, -0.2) is 73.1 Å². The van der Waals surface area contributed by atoms with Crippen LogP contribution in [-0.2, 0) is 30.3 Å². The van der Waals surface area contributed by atoms with Crippen LogP contribution in [0, 0.1) is 11.8 Å². The molecule has 1 aromatic carbocycles. The number of rotatable bonds is 47. The van der Waals surface area contributed by atoms with Crippen LogP contribution in [0.1, 0.15) is 259 Å². The van der Waals surface area contributed by atoms with Gasteiger partial charge in [0.25, 0.3) is 0 Å². The average Bonchev–Trinajstić information content (AvgIpc) is 3.31. The minimum absolute atomic E-state index is 0.0234. The first kappa shape index (κ1) is 60.6. The highest BCUT2D eigenvalue weighted by molar-refractivity contribution is 5.77. The van der Waals surface area contributed by atoms with Gasteiger partial charge in [0.15, 0.2) is 0 Å². The highest BCUT2D eigenvalue weighted by Gasteiger charge is 2.26. The first-order chi connectivity index (χ1) is 31.8. The molecular formula is C58H106N2O5. The summed E-state index contributed by atoms with van der Waals surface area (Å²) in [5.74, 6) is -0.368. The van der Waals surface area contributed by atoms with Gasteiger partial charge >= 0.3 is 11.9 Å². The zero-order valence-corrected chi connectivity index (χ0v) is 43.8. The Morgan fingerprint density at radius 1 is 0.446 bits per heavy atom. The van der Waals surface area contributed by atoms with Gasteiger partial charge in [0.1, 0.15) is 13.2 Å². The van der Waals surface area contributed by atoms with Crippen molar-refractivity contribution in [1.82, 2.24) is 9.80 Å². The Morgan fingerprint density at radius 2 is 0.769 bits per heavy atom. The molecule has 65 heavy (non-hydrogen) atoms. The SMILES string of the molecule is CCCCCCCCCC(CCCCCCCCC)C(=O)OCCN(CCOC(=O)C(CCCCCCCCC)CCCCCCCCC)C(=O)CC(Cc1ccccc1)N(CC)CC. The molecule has 0 bridgehead atoms. The molecule has 0 aliphatic heterocycles. The molecule has 378 valence electrons. The summed E-state index contributed by atoms with van der Waals surface area (Å²) in [5.41, 5.74) is 1.22. The summed E-state index contributed by atoms with van der Waals surface area (Å²) in [6.45, 7) is 16.0. The van der Waals surface area contributed by atoms with E-state index in [1.54, 1.807) is 0 Å². The van der Waals surface area contributed by atoms with Crippen LogP contribution in [0.5, 0.6) is 0 Å². The number of carbonyl (C=O) groups excluding carboxylic acids is 3. The van der Waals surface area contributed by atoms with Gasteiger partial charge in [-0.25, -0.2) is 0 Å². The molecule has 0 saturated carbocycles. The molecule has 0 saturated heterocycles. The highest BCUT2D eigenvalue weighted by atomic mass is 16.5. The molecule has 0 radical (unpaired) electrons. The molecule has 1 rings (SSSR count). The van der Waals surface area contributed by atoms with Gasteiger partial charge in [-0.2, -0.15) is 0 Å². The Labute approximate surface area is 403 Å². The number of esters is 2. The molecule has 0 heterocycles. The molecular weight excluding hydrogens is 805 g/mol. The van der Waals surface area contributed by atoms with Crippen molar-refractivity contribution < 1.29 is 23.9 Å². The lowest BCUT2D eigenvalue weighted by atomic mass is 9.94. The Kier molecular flexibility index (Phi) is 41.1. The summed E-state index contributed by atoms with van der Waals surface area (Å²) in [6, 6.07) is 10.5. The number of nitrogens with zero attached hydrogens (tertiary/aromatic N) is 2. The molecule has 1 amide bonds. The minimum atomic E-state index is -0.107. The van der Waals surface area contributed by atoms with E-state index in [4.69, 9.17) is 9.47 Å². The second-order valence-electron chi connectivity index (χ2n) is 19.5. The van der Waals surface area contributed by atoms with E-state index in [2.05, 4.69) is 70.7 Å². The van der Waals surface area contributed by atoms with Gasteiger partial charge in [0.05, 0.1) is 24.9 Å². The Morgan fingerprint density at radius 3 is 1.09 bits per heavy atom. The molecule has 0 fully saturated rings. The third-order valence-corrected chi connectivity index (χ3v) is 13.9. The summed E-state index contributed by atoms with van der Waals surface area (Å²) in [5, 5.41) is 0. The maximum absolute atomic E-state index is 14.4. The molecule has 1 unspecified atom stereocenters. The molecule has 1 aromatic rings. The maximum atomic E-state index is 14.4. The zero-order valence-electron chi connectivity index (χ0n) is 43.8. The van der Waals surface area contributed by atoms with Gasteiger partial charge in [0, 0.05) is 12.5 Å². The van der Waals surface area contributed by atoms with Crippen LogP contribution in [0.4, 0.5) is 0 Å². The number of hydrogen-bond donors (Lipinski definition) is 0. The number of ether oxygens (including phenoxy) is 2. The van der Waals surface area contributed by atoms with E-state index in [9.17, 15) is 14.4 Å². The predicted octanol–water partition coefficient (Wildman–Crippen LogP) is 16.0. The third-order valence-electron chi connectivity index (χ3n) is 13.9. The maximum Gasteiger partial charge on any atom is 0.308 e. The number of likely N-dealkylation sites (N-methyl/N-ethyl adjacent to an activating group) is 1. The lowest BCUT2D eigenvalue weighted by molar-refractivity contribution is -0.152. The third kappa shape index (κ3) is 32.9. The molecule has 0 N–H and O–H groups in total. The van der Waals surface area contributed by atoms with Crippen LogP contribution in [0.25, 0.3) is 0 Å². The second kappa shape index (κ2) is 44.1. The van der Waals surface area contributed by atoms with Gasteiger partial charge in [-0.15, -0.1) is 0 Å². The predicted molar refractivity (Wildman–Crippen MR) is 277 cm³/mol. The molecule has 0 aromatic heterocycles. The normalized spacial score (nSPS) is 12.1. The number of amides is 1. The number of carbonyl (C=O) groups is 3. The van der Waals surface area contributed by atoms with Crippen molar-refractivity contribution in [3.8, 4) is 0 Å². The van der Waals surface area contributed by atoms with Crippen LogP contribution in [0.15, 0.2) is 30.3 Å². The lowest BCUT2D eigenvalue weighted by Crippen LogP contribution is -2.44. The second-order valence-corrected chi connectivity index (χ2v) is 19.5. The molecule has 0 aliphatic rings. The topological polar surface area (TPSA) is 76.1 Å². The number of unbranched alkanes of at least 4 members (excludes halogenated alkanes) is 24. The molecule has 1 atom stereocenters. The van der Waals surface area contributed by atoms with Crippen LogP contribution in [0.2, 0.25) is 0 Å². The number of benzene rings is 1. The van der Waals surface area contributed by atoms with E-state index >= 15 is 0 Å². The lowest BCUT2D eigenvalue weighted by Gasteiger charge is -2.32. The first-order valence-corrected chi connectivity index (χ1v) is 28.2. The van der Waals surface area contributed by atoms with E-state index in [1.165, 1.54) is 160 Å². The van der Waals surface area contributed by atoms with Gasteiger partial charge < -0.3 is 19.3 Å². The summed E-state index contributed by atoms with van der Waals surface area (Å²) >= 11 is 0. The summed E-state index contributed by atoms with van der Waals surface area (Å²) in [4.78, 5) is 46.1. The van der Waals surface area contributed by atoms with Crippen LogP contribution < -0.4 is 0 Å². The van der Waals surface area contributed by atoms with E-state index < -0.39 is 0 Å². The van der Waals surface area contributed by atoms with Crippen LogP contribution in [0.3, 0.4) is 0 Å². The minimum Gasteiger partial charge on any atom is -0.464 e. The Balaban J connectivity index is 3.08. The smallest absolute Gasteiger partial charge is 0.308 e. The Bertz CT molecular complexity index is 1130. The molecule has 7 heteroatoms. The molecule has 0 aliphatic carbocycles. The van der Waals surface area contributed by atoms with E-state index in [0.717, 1.165) is 70.9 Å².